The molecular weight excluding hydrogens is 324 g/mol. The predicted molar refractivity (Wildman–Crippen MR) is 96.0 cm³/mol. The molecule has 24 heavy (non-hydrogen) atoms. The first-order valence-corrected chi connectivity index (χ1v) is 8.57. The van der Waals surface area contributed by atoms with Crippen molar-refractivity contribution < 1.29 is 9.59 Å². The van der Waals surface area contributed by atoms with Crippen LogP contribution in [-0.4, -0.2) is 32.7 Å². The van der Waals surface area contributed by atoms with E-state index in [1.165, 1.54) is 11.8 Å². The van der Waals surface area contributed by atoms with Gasteiger partial charge in [-0.15, -0.1) is 0 Å². The Hall–Kier alpha value is -2.15. The third-order valence-corrected chi connectivity index (χ3v) is 4.17. The van der Waals surface area contributed by atoms with Gasteiger partial charge in [-0.05, 0) is 40.7 Å². The van der Waals surface area contributed by atoms with Gasteiger partial charge in [0.1, 0.15) is 10.9 Å². The van der Waals surface area contributed by atoms with Crippen LogP contribution in [0.4, 0.5) is 4.79 Å². The molecule has 0 saturated carbocycles. The number of thioether (sulfide) groups is 1. The van der Waals surface area contributed by atoms with Crippen molar-refractivity contribution in [3.8, 4) is 0 Å². The summed E-state index contributed by atoms with van der Waals surface area (Å²) >= 11 is 1.31. The molecule has 6 nitrogen and oxygen atoms in total. The van der Waals surface area contributed by atoms with E-state index in [-0.39, 0.29) is 5.91 Å². The highest BCUT2D eigenvalue weighted by molar-refractivity contribution is 8.00. The van der Waals surface area contributed by atoms with Crippen LogP contribution in [0.5, 0.6) is 0 Å². The molecule has 0 aliphatic carbocycles. The van der Waals surface area contributed by atoms with Crippen LogP contribution in [-0.2, 0) is 4.79 Å². The topological polar surface area (TPSA) is 84.0 Å². The van der Waals surface area contributed by atoms with Crippen LogP contribution < -0.4 is 10.6 Å². The first-order valence-electron chi connectivity index (χ1n) is 7.69. The highest BCUT2D eigenvalue weighted by Crippen LogP contribution is 2.28. The van der Waals surface area contributed by atoms with Crippen molar-refractivity contribution >= 4 is 34.6 Å². The summed E-state index contributed by atoms with van der Waals surface area (Å²) in [4.78, 5) is 32.9. The standard InChI is InChI=1S/C17H22N4O2S/c1-10(14(22)20-16(23)21-17(3,4)5)24-15-12-8-6-7-9-13(12)18-11(2)19-15/h6-10H,1-5H3,(H2,20,21,22,23). The quantitative estimate of drug-likeness (QED) is 0.659. The maximum absolute atomic E-state index is 12.2. The summed E-state index contributed by atoms with van der Waals surface area (Å²) in [5.41, 5.74) is 0.436. The molecule has 1 atom stereocenters. The number of hydrogen-bond acceptors (Lipinski definition) is 5. The van der Waals surface area contributed by atoms with E-state index < -0.39 is 16.8 Å². The summed E-state index contributed by atoms with van der Waals surface area (Å²) in [7, 11) is 0. The molecule has 1 aromatic heterocycles. The molecular formula is C17H22N4O2S. The number of carbonyl (C=O) groups excluding carboxylic acids is 2. The number of nitrogens with one attached hydrogen (secondary N) is 2. The van der Waals surface area contributed by atoms with E-state index in [0.29, 0.717) is 5.82 Å². The largest absolute Gasteiger partial charge is 0.333 e. The summed E-state index contributed by atoms with van der Waals surface area (Å²) in [5.74, 6) is 0.288. The monoisotopic (exact) mass is 346 g/mol. The van der Waals surface area contributed by atoms with Crippen LogP contribution in [0.2, 0.25) is 0 Å². The summed E-state index contributed by atoms with van der Waals surface area (Å²) in [6.45, 7) is 9.12. The maximum Gasteiger partial charge on any atom is 0.321 e. The second-order valence-corrected chi connectivity index (χ2v) is 7.88. The van der Waals surface area contributed by atoms with Crippen molar-refractivity contribution in [1.29, 1.82) is 0 Å². The zero-order chi connectivity index (χ0) is 17.9. The van der Waals surface area contributed by atoms with E-state index >= 15 is 0 Å². The normalized spacial score (nSPS) is 12.7. The van der Waals surface area contributed by atoms with Crippen molar-refractivity contribution in [3.63, 3.8) is 0 Å². The number of aromatic nitrogens is 2. The fourth-order valence-electron chi connectivity index (χ4n) is 2.05. The maximum atomic E-state index is 12.2. The third kappa shape index (κ3) is 4.92. The Labute approximate surface area is 145 Å². The minimum absolute atomic E-state index is 0.359. The van der Waals surface area contributed by atoms with Gasteiger partial charge >= 0.3 is 6.03 Å². The Morgan fingerprint density at radius 1 is 1.17 bits per heavy atom. The van der Waals surface area contributed by atoms with Crippen molar-refractivity contribution in [3.05, 3.63) is 30.1 Å². The fourth-order valence-corrected chi connectivity index (χ4v) is 3.04. The Morgan fingerprint density at radius 2 is 1.83 bits per heavy atom. The molecule has 0 spiro atoms. The number of urea groups is 1. The molecule has 0 radical (unpaired) electrons. The highest BCUT2D eigenvalue weighted by atomic mass is 32.2. The summed E-state index contributed by atoms with van der Waals surface area (Å²) in [5, 5.41) is 6.23. The molecule has 2 aromatic rings. The van der Waals surface area contributed by atoms with Crippen LogP contribution in [0.15, 0.2) is 29.3 Å². The van der Waals surface area contributed by atoms with E-state index in [1.807, 2.05) is 52.0 Å². The number of para-hydroxylation sites is 1. The van der Waals surface area contributed by atoms with E-state index in [4.69, 9.17) is 0 Å². The Bertz CT molecular complexity index is 771. The lowest BCUT2D eigenvalue weighted by Crippen LogP contribution is -2.49. The van der Waals surface area contributed by atoms with Crippen molar-refractivity contribution in [2.45, 2.75) is 50.4 Å². The van der Waals surface area contributed by atoms with Gasteiger partial charge in [-0.25, -0.2) is 14.8 Å². The van der Waals surface area contributed by atoms with Gasteiger partial charge in [-0.1, -0.05) is 30.0 Å². The summed E-state index contributed by atoms with van der Waals surface area (Å²) in [6, 6.07) is 7.16. The molecule has 128 valence electrons. The molecule has 0 fully saturated rings. The Kier molecular flexibility index (Phi) is 5.43. The van der Waals surface area contributed by atoms with E-state index in [0.717, 1.165) is 15.9 Å². The predicted octanol–water partition coefficient (Wildman–Crippen LogP) is 3.04. The number of fused-ring (bicyclic) bond motifs is 1. The zero-order valence-corrected chi connectivity index (χ0v) is 15.3. The first-order chi connectivity index (χ1) is 11.2. The van der Waals surface area contributed by atoms with Gasteiger partial charge in [0.15, 0.2) is 0 Å². The van der Waals surface area contributed by atoms with Crippen molar-refractivity contribution in [2.75, 3.05) is 0 Å². The van der Waals surface area contributed by atoms with Gasteiger partial charge in [0, 0.05) is 10.9 Å². The van der Waals surface area contributed by atoms with E-state index in [2.05, 4.69) is 20.6 Å². The number of hydrogen-bond donors (Lipinski definition) is 2. The SMILES string of the molecule is Cc1nc(SC(C)C(=O)NC(=O)NC(C)(C)C)c2ccccc2n1. The lowest BCUT2D eigenvalue weighted by molar-refractivity contribution is -0.119. The molecule has 1 unspecified atom stereocenters. The lowest BCUT2D eigenvalue weighted by Gasteiger charge is -2.21. The second kappa shape index (κ2) is 7.17. The Morgan fingerprint density at radius 3 is 2.50 bits per heavy atom. The van der Waals surface area contributed by atoms with Gasteiger partial charge < -0.3 is 5.32 Å². The molecule has 1 aromatic carbocycles. The molecule has 3 amide bonds. The third-order valence-electron chi connectivity index (χ3n) is 3.06. The Balaban J connectivity index is 2.11. The molecule has 0 saturated heterocycles. The van der Waals surface area contributed by atoms with E-state index in [9.17, 15) is 9.59 Å². The smallest absolute Gasteiger partial charge is 0.321 e. The average molecular weight is 346 g/mol. The molecule has 0 bridgehead atoms. The van der Waals surface area contributed by atoms with Crippen LogP contribution in [0, 0.1) is 6.92 Å². The number of imide groups is 1. The number of carbonyl (C=O) groups is 2. The van der Waals surface area contributed by atoms with Crippen LogP contribution in [0.1, 0.15) is 33.5 Å². The summed E-state index contributed by atoms with van der Waals surface area (Å²) < 4.78 is 0. The van der Waals surface area contributed by atoms with Gasteiger partial charge in [-0.2, -0.15) is 0 Å². The minimum Gasteiger partial charge on any atom is -0.333 e. The molecule has 0 aliphatic heterocycles. The number of amides is 3. The van der Waals surface area contributed by atoms with Gasteiger partial charge in [0.25, 0.3) is 0 Å². The van der Waals surface area contributed by atoms with Gasteiger partial charge in [0.2, 0.25) is 5.91 Å². The van der Waals surface area contributed by atoms with Crippen LogP contribution in [0.25, 0.3) is 10.9 Å². The molecule has 7 heteroatoms. The fraction of sp³-hybridized carbons (Fsp3) is 0.412. The number of aryl methyl sites for hydroxylation is 1. The van der Waals surface area contributed by atoms with Crippen LogP contribution >= 0.6 is 11.8 Å². The first kappa shape index (κ1) is 18.2. The molecule has 0 aliphatic rings. The molecule has 1 heterocycles. The number of benzene rings is 1. The average Bonchev–Trinajstić information content (AvgIpc) is 2.44. The van der Waals surface area contributed by atoms with E-state index in [1.54, 1.807) is 6.92 Å². The van der Waals surface area contributed by atoms with Crippen molar-refractivity contribution in [2.24, 2.45) is 0 Å². The number of nitrogens with zero attached hydrogens (tertiary/aromatic N) is 2. The van der Waals surface area contributed by atoms with Gasteiger partial charge in [-0.3, -0.25) is 10.1 Å². The van der Waals surface area contributed by atoms with Crippen LogP contribution in [0.3, 0.4) is 0 Å². The highest BCUT2D eigenvalue weighted by Gasteiger charge is 2.21. The molecule has 2 rings (SSSR count). The second-order valence-electron chi connectivity index (χ2n) is 6.55. The summed E-state index contributed by atoms with van der Waals surface area (Å²) in [6.07, 6.45) is 0. The minimum atomic E-state index is -0.497. The lowest BCUT2D eigenvalue weighted by atomic mass is 10.1. The zero-order valence-electron chi connectivity index (χ0n) is 14.5. The molecule has 2 N–H and O–H groups in total. The van der Waals surface area contributed by atoms with Gasteiger partial charge in [0.05, 0.1) is 10.8 Å². The number of rotatable bonds is 3. The van der Waals surface area contributed by atoms with Crippen molar-refractivity contribution in [1.82, 2.24) is 20.6 Å².